The molecule has 0 aliphatic carbocycles. The Labute approximate surface area is 181 Å². The minimum Gasteiger partial charge on any atom is -0.488 e. The van der Waals surface area contributed by atoms with E-state index >= 15 is 0 Å². The number of allylic oxidation sites excluding steroid dienone is 1. The van der Waals surface area contributed by atoms with E-state index in [1.165, 1.54) is 12.1 Å². The number of aromatic carboxylic acids is 1. The molecular formula is C23H15BrClNO3. The summed E-state index contributed by atoms with van der Waals surface area (Å²) in [5, 5.41) is 19.1. The molecule has 4 nitrogen and oxygen atoms in total. The third-order valence-corrected chi connectivity index (χ3v) is 4.97. The highest BCUT2D eigenvalue weighted by molar-refractivity contribution is 9.10. The van der Waals surface area contributed by atoms with Crippen LogP contribution in [0, 0.1) is 11.3 Å². The van der Waals surface area contributed by atoms with Crippen LogP contribution in [-0.4, -0.2) is 11.1 Å². The van der Waals surface area contributed by atoms with Gasteiger partial charge in [0.25, 0.3) is 0 Å². The number of carbonyl (C=O) groups is 1. The monoisotopic (exact) mass is 467 g/mol. The second-order valence-corrected chi connectivity index (χ2v) is 7.45. The van der Waals surface area contributed by atoms with E-state index in [9.17, 15) is 10.1 Å². The van der Waals surface area contributed by atoms with Gasteiger partial charge in [-0.1, -0.05) is 57.9 Å². The predicted octanol–water partition coefficient (Wildman–Crippen LogP) is 6.44. The Kier molecular flexibility index (Phi) is 6.71. The molecule has 0 amide bonds. The van der Waals surface area contributed by atoms with Gasteiger partial charge in [-0.25, -0.2) is 4.79 Å². The molecule has 0 unspecified atom stereocenters. The van der Waals surface area contributed by atoms with Crippen molar-refractivity contribution in [3.05, 3.63) is 98.5 Å². The Morgan fingerprint density at radius 2 is 1.86 bits per heavy atom. The number of rotatable bonds is 6. The number of carboxylic acids is 1. The van der Waals surface area contributed by atoms with E-state index in [1.54, 1.807) is 30.3 Å². The van der Waals surface area contributed by atoms with Gasteiger partial charge in [0.15, 0.2) is 0 Å². The second kappa shape index (κ2) is 9.42. The number of hydrogen-bond acceptors (Lipinski definition) is 3. The van der Waals surface area contributed by atoms with Gasteiger partial charge in [0, 0.05) is 20.6 Å². The van der Waals surface area contributed by atoms with Gasteiger partial charge in [0.05, 0.1) is 17.2 Å². The summed E-state index contributed by atoms with van der Waals surface area (Å²) in [7, 11) is 0. The third kappa shape index (κ3) is 5.26. The molecule has 3 rings (SSSR count). The van der Waals surface area contributed by atoms with E-state index < -0.39 is 5.97 Å². The molecular weight excluding hydrogens is 454 g/mol. The summed E-state index contributed by atoms with van der Waals surface area (Å²) in [6.07, 6.45) is 1.73. The van der Waals surface area contributed by atoms with E-state index in [-0.39, 0.29) is 12.2 Å². The molecule has 0 aliphatic heterocycles. The first kappa shape index (κ1) is 20.7. The molecule has 0 aliphatic rings. The molecule has 29 heavy (non-hydrogen) atoms. The summed E-state index contributed by atoms with van der Waals surface area (Å²) in [6.45, 7) is 0.260. The quantitative estimate of drug-likeness (QED) is 0.334. The van der Waals surface area contributed by atoms with Crippen molar-refractivity contribution in [3.8, 4) is 11.8 Å². The fourth-order valence-electron chi connectivity index (χ4n) is 2.67. The SMILES string of the molecule is N#CC(=Cc1cc(Br)ccc1OCc1ccc(C(=O)O)cc1)c1ccccc1Cl. The van der Waals surface area contributed by atoms with Gasteiger partial charge in [-0.3, -0.25) is 0 Å². The van der Waals surface area contributed by atoms with Gasteiger partial charge < -0.3 is 9.84 Å². The molecule has 0 fully saturated rings. The zero-order valence-electron chi connectivity index (χ0n) is 15.1. The summed E-state index contributed by atoms with van der Waals surface area (Å²) >= 11 is 9.68. The summed E-state index contributed by atoms with van der Waals surface area (Å²) < 4.78 is 6.78. The van der Waals surface area contributed by atoms with Crippen LogP contribution in [0.25, 0.3) is 11.6 Å². The molecule has 3 aromatic rings. The number of hydrogen-bond donors (Lipinski definition) is 1. The van der Waals surface area contributed by atoms with Gasteiger partial charge in [0.1, 0.15) is 12.4 Å². The van der Waals surface area contributed by atoms with Crippen molar-refractivity contribution in [2.45, 2.75) is 6.61 Å². The first-order chi connectivity index (χ1) is 14.0. The Balaban J connectivity index is 1.89. The lowest BCUT2D eigenvalue weighted by Crippen LogP contribution is -2.00. The molecule has 144 valence electrons. The van der Waals surface area contributed by atoms with Gasteiger partial charge in [-0.2, -0.15) is 5.26 Å². The lowest BCUT2D eigenvalue weighted by atomic mass is 10.0. The highest BCUT2D eigenvalue weighted by Crippen LogP contribution is 2.30. The number of benzene rings is 3. The Morgan fingerprint density at radius 3 is 2.52 bits per heavy atom. The molecule has 0 bridgehead atoms. The zero-order valence-corrected chi connectivity index (χ0v) is 17.4. The maximum Gasteiger partial charge on any atom is 0.335 e. The standard InChI is InChI=1S/C23H15BrClNO3/c24-19-9-10-22(29-14-15-5-7-16(8-6-15)23(27)28)17(12-19)11-18(13-26)20-3-1-2-4-21(20)25/h1-12H,14H2,(H,27,28). The van der Waals surface area contributed by atoms with Crippen LogP contribution in [0.15, 0.2) is 71.2 Å². The Bertz CT molecular complexity index is 1120. The summed E-state index contributed by atoms with van der Waals surface area (Å²) in [5.74, 6) is -0.378. The van der Waals surface area contributed by atoms with E-state index in [0.29, 0.717) is 21.9 Å². The summed E-state index contributed by atoms with van der Waals surface area (Å²) in [5.41, 5.74) is 2.84. The van der Waals surface area contributed by atoms with Crippen LogP contribution in [0.3, 0.4) is 0 Å². The molecule has 1 N–H and O–H groups in total. The van der Waals surface area contributed by atoms with E-state index in [2.05, 4.69) is 22.0 Å². The fourth-order valence-corrected chi connectivity index (χ4v) is 3.29. The molecule has 0 radical (unpaired) electrons. The maximum absolute atomic E-state index is 11.0. The number of nitriles is 1. The lowest BCUT2D eigenvalue weighted by molar-refractivity contribution is 0.0697. The van der Waals surface area contributed by atoms with Crippen LogP contribution in [0.4, 0.5) is 0 Å². The molecule has 6 heteroatoms. The van der Waals surface area contributed by atoms with Crippen LogP contribution >= 0.6 is 27.5 Å². The molecule has 0 spiro atoms. The van der Waals surface area contributed by atoms with Crippen LogP contribution in [0.5, 0.6) is 5.75 Å². The summed E-state index contributed by atoms with van der Waals surface area (Å²) in [6, 6.07) is 21.4. The summed E-state index contributed by atoms with van der Waals surface area (Å²) in [4.78, 5) is 11.0. The Hall–Kier alpha value is -3.07. The van der Waals surface area contributed by atoms with Gasteiger partial charge in [-0.05, 0) is 48.0 Å². The maximum atomic E-state index is 11.0. The van der Waals surface area contributed by atoms with Crippen molar-refractivity contribution in [1.29, 1.82) is 5.26 Å². The molecule has 0 saturated heterocycles. The van der Waals surface area contributed by atoms with Crippen LogP contribution < -0.4 is 4.74 Å². The van der Waals surface area contributed by atoms with Crippen molar-refractivity contribution < 1.29 is 14.6 Å². The van der Waals surface area contributed by atoms with Crippen LogP contribution in [0.1, 0.15) is 27.0 Å². The average Bonchev–Trinajstić information content (AvgIpc) is 2.72. The van der Waals surface area contributed by atoms with Gasteiger partial charge >= 0.3 is 5.97 Å². The number of ether oxygens (including phenoxy) is 1. The van der Waals surface area contributed by atoms with Gasteiger partial charge in [-0.15, -0.1) is 0 Å². The number of nitrogens with zero attached hydrogens (tertiary/aromatic N) is 1. The topological polar surface area (TPSA) is 70.3 Å². The van der Waals surface area contributed by atoms with Crippen LogP contribution in [0.2, 0.25) is 5.02 Å². The van der Waals surface area contributed by atoms with E-state index in [0.717, 1.165) is 15.6 Å². The van der Waals surface area contributed by atoms with E-state index in [1.807, 2.05) is 30.3 Å². The molecule has 0 saturated carbocycles. The second-order valence-electron chi connectivity index (χ2n) is 6.12. The minimum atomic E-state index is -0.971. The van der Waals surface area contributed by atoms with Crippen molar-refractivity contribution >= 4 is 45.1 Å². The lowest BCUT2D eigenvalue weighted by Gasteiger charge is -2.11. The van der Waals surface area contributed by atoms with Crippen molar-refractivity contribution in [2.75, 3.05) is 0 Å². The first-order valence-electron chi connectivity index (χ1n) is 8.59. The smallest absolute Gasteiger partial charge is 0.335 e. The van der Waals surface area contributed by atoms with Crippen molar-refractivity contribution in [3.63, 3.8) is 0 Å². The normalized spacial score (nSPS) is 11.0. The average molecular weight is 469 g/mol. The predicted molar refractivity (Wildman–Crippen MR) is 117 cm³/mol. The molecule has 3 aromatic carbocycles. The Morgan fingerprint density at radius 1 is 1.14 bits per heavy atom. The molecule has 0 heterocycles. The van der Waals surface area contributed by atoms with Gasteiger partial charge in [0.2, 0.25) is 0 Å². The molecule has 0 atom stereocenters. The number of carboxylic acid groups (broad SMARTS) is 1. The minimum absolute atomic E-state index is 0.222. The van der Waals surface area contributed by atoms with E-state index in [4.69, 9.17) is 21.4 Å². The van der Waals surface area contributed by atoms with Crippen molar-refractivity contribution in [1.82, 2.24) is 0 Å². The van der Waals surface area contributed by atoms with Crippen LogP contribution in [-0.2, 0) is 6.61 Å². The first-order valence-corrected chi connectivity index (χ1v) is 9.76. The third-order valence-electron chi connectivity index (χ3n) is 4.15. The molecule has 0 aromatic heterocycles. The van der Waals surface area contributed by atoms with Crippen molar-refractivity contribution in [2.24, 2.45) is 0 Å². The largest absolute Gasteiger partial charge is 0.488 e. The zero-order chi connectivity index (χ0) is 20.8. The highest BCUT2D eigenvalue weighted by Gasteiger charge is 2.10. The highest BCUT2D eigenvalue weighted by atomic mass is 79.9. The number of halogens is 2. The fraction of sp³-hybridized carbons (Fsp3) is 0.0435.